The molecule has 0 aromatic heterocycles. The zero-order chi connectivity index (χ0) is 17.2. The summed E-state index contributed by atoms with van der Waals surface area (Å²) >= 11 is 0. The molecule has 0 radical (unpaired) electrons. The average molecular weight is 333 g/mol. The van der Waals surface area contributed by atoms with Crippen molar-refractivity contribution in [3.05, 3.63) is 35.9 Å². The molecule has 1 aliphatic rings. The summed E-state index contributed by atoms with van der Waals surface area (Å²) in [5.74, 6) is 0.178. The molecule has 0 bridgehead atoms. The number of benzene rings is 1. The van der Waals surface area contributed by atoms with Crippen LogP contribution in [0.1, 0.15) is 18.4 Å². The Morgan fingerprint density at radius 2 is 1.92 bits per heavy atom. The lowest BCUT2D eigenvalue weighted by Gasteiger charge is -2.31. The van der Waals surface area contributed by atoms with Crippen LogP contribution in [0, 0.1) is 5.92 Å². The molecule has 0 aliphatic carbocycles. The third-order valence-electron chi connectivity index (χ3n) is 4.29. The van der Waals surface area contributed by atoms with Gasteiger partial charge < -0.3 is 20.3 Å². The molecule has 6 heteroatoms. The van der Waals surface area contributed by atoms with Crippen LogP contribution < -0.4 is 10.6 Å². The van der Waals surface area contributed by atoms with Gasteiger partial charge in [-0.3, -0.25) is 9.59 Å². The number of amides is 2. The molecule has 24 heavy (non-hydrogen) atoms. The zero-order valence-corrected chi connectivity index (χ0v) is 14.3. The van der Waals surface area contributed by atoms with Crippen LogP contribution in [-0.4, -0.2) is 56.6 Å². The van der Waals surface area contributed by atoms with E-state index in [0.717, 1.165) is 18.4 Å². The Morgan fingerprint density at radius 3 is 2.58 bits per heavy atom. The highest BCUT2D eigenvalue weighted by Crippen LogP contribution is 2.17. The van der Waals surface area contributed by atoms with Crippen LogP contribution in [-0.2, 0) is 20.9 Å². The van der Waals surface area contributed by atoms with Crippen LogP contribution in [0.4, 0.5) is 0 Å². The molecule has 1 saturated heterocycles. The van der Waals surface area contributed by atoms with E-state index in [-0.39, 0.29) is 17.7 Å². The summed E-state index contributed by atoms with van der Waals surface area (Å²) in [5, 5.41) is 6.05. The van der Waals surface area contributed by atoms with Gasteiger partial charge in [-0.05, 0) is 18.4 Å². The third kappa shape index (κ3) is 5.94. The number of hydrogen-bond acceptors (Lipinski definition) is 4. The number of carbonyl (C=O) groups is 2. The van der Waals surface area contributed by atoms with E-state index in [1.54, 1.807) is 7.11 Å². The van der Waals surface area contributed by atoms with Gasteiger partial charge in [0.2, 0.25) is 11.8 Å². The molecule has 0 unspecified atom stereocenters. The smallest absolute Gasteiger partial charge is 0.236 e. The third-order valence-corrected chi connectivity index (χ3v) is 4.29. The predicted octanol–water partition coefficient (Wildman–Crippen LogP) is 0.777. The first-order chi connectivity index (χ1) is 11.7. The van der Waals surface area contributed by atoms with Crippen molar-refractivity contribution in [2.24, 2.45) is 5.92 Å². The first kappa shape index (κ1) is 18.4. The summed E-state index contributed by atoms with van der Waals surface area (Å²) < 4.78 is 4.93. The van der Waals surface area contributed by atoms with Gasteiger partial charge in [0.05, 0.1) is 13.2 Å². The van der Waals surface area contributed by atoms with Crippen molar-refractivity contribution < 1.29 is 14.3 Å². The normalized spacial score (nSPS) is 15.3. The Kier molecular flexibility index (Phi) is 7.71. The van der Waals surface area contributed by atoms with E-state index in [1.165, 1.54) is 0 Å². The summed E-state index contributed by atoms with van der Waals surface area (Å²) in [6.07, 6.45) is 1.45. The molecule has 1 heterocycles. The summed E-state index contributed by atoms with van der Waals surface area (Å²) in [7, 11) is 1.64. The van der Waals surface area contributed by atoms with Crippen molar-refractivity contribution in [1.82, 2.24) is 15.5 Å². The summed E-state index contributed by atoms with van der Waals surface area (Å²) in [4.78, 5) is 26.2. The van der Waals surface area contributed by atoms with E-state index >= 15 is 0 Å². The first-order valence-corrected chi connectivity index (χ1v) is 8.49. The maximum Gasteiger partial charge on any atom is 0.236 e. The lowest BCUT2D eigenvalue weighted by atomic mass is 9.95. The van der Waals surface area contributed by atoms with E-state index in [0.29, 0.717) is 39.3 Å². The van der Waals surface area contributed by atoms with Crippen molar-refractivity contribution in [1.29, 1.82) is 0 Å². The molecule has 1 fully saturated rings. The highest BCUT2D eigenvalue weighted by Gasteiger charge is 2.26. The van der Waals surface area contributed by atoms with Crippen LogP contribution >= 0.6 is 0 Å². The van der Waals surface area contributed by atoms with Gasteiger partial charge in [0.1, 0.15) is 0 Å². The molecular weight excluding hydrogens is 306 g/mol. The number of ether oxygens (including phenoxy) is 1. The van der Waals surface area contributed by atoms with Gasteiger partial charge in [0, 0.05) is 39.2 Å². The molecule has 1 aromatic rings. The van der Waals surface area contributed by atoms with Gasteiger partial charge >= 0.3 is 0 Å². The fraction of sp³-hybridized carbons (Fsp3) is 0.556. The van der Waals surface area contributed by atoms with Crippen LogP contribution in [0.15, 0.2) is 30.3 Å². The zero-order valence-electron chi connectivity index (χ0n) is 14.3. The largest absolute Gasteiger partial charge is 0.383 e. The Hall–Kier alpha value is -1.92. The Balaban J connectivity index is 1.66. The predicted molar refractivity (Wildman–Crippen MR) is 92.3 cm³/mol. The van der Waals surface area contributed by atoms with E-state index in [9.17, 15) is 9.59 Å². The molecular formula is C18H27N3O3. The van der Waals surface area contributed by atoms with Crippen molar-refractivity contribution in [3.63, 3.8) is 0 Å². The van der Waals surface area contributed by atoms with E-state index in [2.05, 4.69) is 10.6 Å². The SMILES string of the molecule is COCCNCC(=O)N1CCC(C(=O)NCc2ccccc2)CC1. The molecule has 1 aromatic carbocycles. The van der Waals surface area contributed by atoms with E-state index < -0.39 is 0 Å². The molecule has 0 atom stereocenters. The number of hydrogen-bond donors (Lipinski definition) is 2. The summed E-state index contributed by atoms with van der Waals surface area (Å²) in [6.45, 7) is 3.44. The van der Waals surface area contributed by atoms with Gasteiger partial charge in [-0.2, -0.15) is 0 Å². The highest BCUT2D eigenvalue weighted by molar-refractivity contribution is 5.80. The van der Waals surface area contributed by atoms with Crippen molar-refractivity contribution in [2.45, 2.75) is 19.4 Å². The lowest BCUT2D eigenvalue weighted by molar-refractivity contribution is -0.135. The van der Waals surface area contributed by atoms with Crippen LogP contribution in [0.2, 0.25) is 0 Å². The van der Waals surface area contributed by atoms with E-state index in [1.807, 2.05) is 35.2 Å². The first-order valence-electron chi connectivity index (χ1n) is 8.49. The van der Waals surface area contributed by atoms with Gasteiger partial charge in [-0.25, -0.2) is 0 Å². The standard InChI is InChI=1S/C18H27N3O3/c1-24-12-9-19-14-17(22)21-10-7-16(8-11-21)18(23)20-13-15-5-3-2-4-6-15/h2-6,16,19H,7-14H2,1H3,(H,20,23). The number of methoxy groups -OCH3 is 1. The number of piperidine rings is 1. The average Bonchev–Trinajstić information content (AvgIpc) is 2.64. The van der Waals surface area contributed by atoms with E-state index in [4.69, 9.17) is 4.74 Å². The molecule has 2 amide bonds. The number of nitrogens with one attached hydrogen (secondary N) is 2. The Labute approximate surface area is 143 Å². The van der Waals surface area contributed by atoms with Gasteiger partial charge in [0.15, 0.2) is 0 Å². The molecule has 132 valence electrons. The quantitative estimate of drug-likeness (QED) is 0.690. The molecule has 2 rings (SSSR count). The second-order valence-corrected chi connectivity index (χ2v) is 6.03. The minimum atomic E-state index is -0.000729. The minimum absolute atomic E-state index is 0.000729. The van der Waals surface area contributed by atoms with Gasteiger partial charge in [-0.15, -0.1) is 0 Å². The highest BCUT2D eigenvalue weighted by atomic mass is 16.5. The molecule has 2 N–H and O–H groups in total. The summed E-state index contributed by atoms with van der Waals surface area (Å²) in [6, 6.07) is 9.89. The van der Waals surface area contributed by atoms with Crippen molar-refractivity contribution in [2.75, 3.05) is 39.9 Å². The van der Waals surface area contributed by atoms with Crippen LogP contribution in [0.3, 0.4) is 0 Å². The van der Waals surface area contributed by atoms with Crippen molar-refractivity contribution in [3.8, 4) is 0 Å². The minimum Gasteiger partial charge on any atom is -0.383 e. The van der Waals surface area contributed by atoms with Crippen LogP contribution in [0.25, 0.3) is 0 Å². The maximum absolute atomic E-state index is 12.3. The monoisotopic (exact) mass is 333 g/mol. The maximum atomic E-state index is 12.3. The van der Waals surface area contributed by atoms with Crippen LogP contribution in [0.5, 0.6) is 0 Å². The molecule has 6 nitrogen and oxygen atoms in total. The molecule has 1 aliphatic heterocycles. The van der Waals surface area contributed by atoms with Gasteiger partial charge in [0.25, 0.3) is 0 Å². The fourth-order valence-electron chi connectivity index (χ4n) is 2.80. The number of likely N-dealkylation sites (tertiary alicyclic amines) is 1. The summed E-state index contributed by atoms with van der Waals surface area (Å²) in [5.41, 5.74) is 1.10. The second-order valence-electron chi connectivity index (χ2n) is 6.03. The second kappa shape index (κ2) is 10.1. The lowest BCUT2D eigenvalue weighted by Crippen LogP contribution is -2.45. The topological polar surface area (TPSA) is 70.7 Å². The fourth-order valence-corrected chi connectivity index (χ4v) is 2.80. The number of carbonyl (C=O) groups excluding carboxylic acids is 2. The van der Waals surface area contributed by atoms with Crippen molar-refractivity contribution >= 4 is 11.8 Å². The molecule has 0 saturated carbocycles. The number of rotatable bonds is 8. The Morgan fingerprint density at radius 1 is 1.21 bits per heavy atom. The van der Waals surface area contributed by atoms with Gasteiger partial charge in [-0.1, -0.05) is 30.3 Å². The Bertz CT molecular complexity index is 514. The molecule has 0 spiro atoms. The number of nitrogens with zero attached hydrogens (tertiary/aromatic N) is 1.